The second-order valence-electron chi connectivity index (χ2n) is 7.54. The van der Waals surface area contributed by atoms with Crippen molar-refractivity contribution in [3.8, 4) is 5.75 Å². The molecule has 2 aliphatic rings. The highest BCUT2D eigenvalue weighted by Gasteiger charge is 2.29. The predicted octanol–water partition coefficient (Wildman–Crippen LogP) is 2.71. The van der Waals surface area contributed by atoms with Gasteiger partial charge in [0, 0.05) is 37.9 Å². The van der Waals surface area contributed by atoms with Gasteiger partial charge in [-0.25, -0.2) is 0 Å². The van der Waals surface area contributed by atoms with Gasteiger partial charge in [0.15, 0.2) is 0 Å². The number of methoxy groups -OCH3 is 1. The number of carbonyl (C=O) groups is 1. The lowest BCUT2D eigenvalue weighted by Gasteiger charge is -2.27. The van der Waals surface area contributed by atoms with Crippen LogP contribution in [0.3, 0.4) is 0 Å². The molecule has 5 nitrogen and oxygen atoms in total. The van der Waals surface area contributed by atoms with Gasteiger partial charge in [0.05, 0.1) is 18.9 Å². The Morgan fingerprint density at radius 2 is 1.85 bits per heavy atom. The van der Waals surface area contributed by atoms with Gasteiger partial charge in [-0.05, 0) is 43.4 Å². The Bertz CT molecular complexity index is 811. The first-order valence-corrected chi connectivity index (χ1v) is 9.76. The average Bonchev–Trinajstić information content (AvgIpc) is 2.97. The largest absolute Gasteiger partial charge is 0.494 e. The van der Waals surface area contributed by atoms with Crippen molar-refractivity contribution in [3.63, 3.8) is 0 Å². The van der Waals surface area contributed by atoms with Gasteiger partial charge >= 0.3 is 0 Å². The first-order valence-electron chi connectivity index (χ1n) is 9.76. The molecule has 0 N–H and O–H groups in total. The van der Waals surface area contributed by atoms with Crippen molar-refractivity contribution in [3.05, 3.63) is 58.9 Å². The highest BCUT2D eigenvalue weighted by Crippen LogP contribution is 2.27. The third-order valence-corrected chi connectivity index (χ3v) is 5.82. The maximum absolute atomic E-state index is 13.1. The summed E-state index contributed by atoms with van der Waals surface area (Å²) in [7, 11) is 1.59. The summed E-state index contributed by atoms with van der Waals surface area (Å²) in [5.41, 5.74) is 4.42. The van der Waals surface area contributed by atoms with Crippen molar-refractivity contribution in [1.29, 1.82) is 0 Å². The molecule has 1 aromatic heterocycles. The van der Waals surface area contributed by atoms with Crippen LogP contribution in [0.15, 0.2) is 36.5 Å². The number of hydrogen-bond donors (Lipinski definition) is 0. The number of pyridine rings is 1. The van der Waals surface area contributed by atoms with Crippen molar-refractivity contribution in [2.45, 2.75) is 32.2 Å². The van der Waals surface area contributed by atoms with Gasteiger partial charge in [-0.2, -0.15) is 0 Å². The SMILES string of the molecule is COc1cnc(C)cc1C(=O)N1CCCN(C2Cc3ccccc3C2)CC1. The normalized spacial score (nSPS) is 18.2. The monoisotopic (exact) mass is 365 g/mol. The number of amides is 1. The van der Waals surface area contributed by atoms with Gasteiger partial charge in [-0.15, -0.1) is 0 Å². The summed E-state index contributed by atoms with van der Waals surface area (Å²) in [5, 5.41) is 0. The number of fused-ring (bicyclic) bond motifs is 1. The quantitative estimate of drug-likeness (QED) is 0.839. The molecule has 1 fully saturated rings. The number of ether oxygens (including phenoxy) is 1. The number of aromatic nitrogens is 1. The first kappa shape index (κ1) is 18.0. The molecule has 0 spiro atoms. The number of benzene rings is 1. The van der Waals surface area contributed by atoms with E-state index in [-0.39, 0.29) is 5.91 Å². The fourth-order valence-corrected chi connectivity index (χ4v) is 4.35. The van der Waals surface area contributed by atoms with E-state index in [0.717, 1.165) is 51.1 Å². The second-order valence-corrected chi connectivity index (χ2v) is 7.54. The van der Waals surface area contributed by atoms with E-state index in [2.05, 4.69) is 34.1 Å². The fraction of sp³-hybridized carbons (Fsp3) is 0.455. The molecule has 1 aliphatic heterocycles. The van der Waals surface area contributed by atoms with Gasteiger partial charge in [0.25, 0.3) is 5.91 Å². The van der Waals surface area contributed by atoms with Crippen molar-refractivity contribution in [2.75, 3.05) is 33.3 Å². The van der Waals surface area contributed by atoms with E-state index in [1.165, 1.54) is 11.1 Å². The van der Waals surface area contributed by atoms with E-state index in [9.17, 15) is 4.79 Å². The molecule has 1 saturated heterocycles. The van der Waals surface area contributed by atoms with E-state index >= 15 is 0 Å². The van der Waals surface area contributed by atoms with Crippen LogP contribution >= 0.6 is 0 Å². The van der Waals surface area contributed by atoms with Crippen LogP contribution in [0.4, 0.5) is 0 Å². The lowest BCUT2D eigenvalue weighted by molar-refractivity contribution is 0.0754. The van der Waals surface area contributed by atoms with Gasteiger partial charge in [0.2, 0.25) is 0 Å². The Hall–Kier alpha value is -2.40. The molecule has 142 valence electrons. The molecule has 1 aliphatic carbocycles. The molecule has 2 heterocycles. The molecule has 27 heavy (non-hydrogen) atoms. The number of carbonyl (C=O) groups excluding carboxylic acids is 1. The van der Waals surface area contributed by atoms with E-state index in [4.69, 9.17) is 4.74 Å². The average molecular weight is 365 g/mol. The van der Waals surface area contributed by atoms with Gasteiger partial charge in [0.1, 0.15) is 5.75 Å². The van der Waals surface area contributed by atoms with Crippen LogP contribution in [0, 0.1) is 6.92 Å². The molecule has 5 heteroatoms. The smallest absolute Gasteiger partial charge is 0.257 e. The zero-order valence-corrected chi connectivity index (χ0v) is 16.1. The molecule has 1 amide bonds. The summed E-state index contributed by atoms with van der Waals surface area (Å²) in [6.07, 6.45) is 4.90. The zero-order valence-electron chi connectivity index (χ0n) is 16.1. The summed E-state index contributed by atoms with van der Waals surface area (Å²) in [6, 6.07) is 11.2. The fourth-order valence-electron chi connectivity index (χ4n) is 4.35. The van der Waals surface area contributed by atoms with Crippen LogP contribution in [0.5, 0.6) is 5.75 Å². The van der Waals surface area contributed by atoms with E-state index in [0.29, 0.717) is 17.4 Å². The van der Waals surface area contributed by atoms with Gasteiger partial charge in [-0.3, -0.25) is 14.7 Å². The highest BCUT2D eigenvalue weighted by molar-refractivity contribution is 5.97. The summed E-state index contributed by atoms with van der Waals surface area (Å²) in [6.45, 7) is 5.43. The number of hydrogen-bond acceptors (Lipinski definition) is 4. The number of aryl methyl sites for hydroxylation is 1. The first-order chi connectivity index (χ1) is 13.2. The second kappa shape index (κ2) is 7.69. The molecule has 0 radical (unpaired) electrons. The minimum absolute atomic E-state index is 0.0499. The third-order valence-electron chi connectivity index (χ3n) is 5.82. The van der Waals surface area contributed by atoms with Crippen molar-refractivity contribution < 1.29 is 9.53 Å². The molecule has 2 aromatic rings. The predicted molar refractivity (Wildman–Crippen MR) is 105 cm³/mol. The summed E-state index contributed by atoms with van der Waals surface area (Å²) in [4.78, 5) is 21.9. The molecule has 0 unspecified atom stereocenters. The van der Waals surface area contributed by atoms with Crippen LogP contribution < -0.4 is 4.74 Å². The van der Waals surface area contributed by atoms with Crippen molar-refractivity contribution in [1.82, 2.24) is 14.8 Å². The van der Waals surface area contributed by atoms with Crippen molar-refractivity contribution in [2.24, 2.45) is 0 Å². The summed E-state index contributed by atoms with van der Waals surface area (Å²) in [5.74, 6) is 0.604. The zero-order chi connectivity index (χ0) is 18.8. The standard InChI is InChI=1S/C22H27N3O2/c1-16-12-20(21(27-2)15-23-16)22(26)25-9-5-8-24(10-11-25)19-13-17-6-3-4-7-18(17)14-19/h3-4,6-7,12,15,19H,5,8-11,13-14H2,1-2H3. The van der Waals surface area contributed by atoms with Gasteiger partial charge < -0.3 is 9.64 Å². The maximum atomic E-state index is 13.1. The van der Waals surface area contributed by atoms with Crippen molar-refractivity contribution >= 4 is 5.91 Å². The number of rotatable bonds is 3. The van der Waals surface area contributed by atoms with Crippen LogP contribution in [0.1, 0.15) is 33.6 Å². The van der Waals surface area contributed by atoms with Crippen LogP contribution in [0.25, 0.3) is 0 Å². The van der Waals surface area contributed by atoms with Gasteiger partial charge in [-0.1, -0.05) is 24.3 Å². The van der Waals surface area contributed by atoms with Crippen LogP contribution in [-0.4, -0.2) is 60.0 Å². The molecule has 1 aromatic carbocycles. The molecule has 0 saturated carbocycles. The Morgan fingerprint density at radius 1 is 1.11 bits per heavy atom. The highest BCUT2D eigenvalue weighted by atomic mass is 16.5. The van der Waals surface area contributed by atoms with E-state index < -0.39 is 0 Å². The van der Waals surface area contributed by atoms with E-state index in [1.54, 1.807) is 13.3 Å². The lowest BCUT2D eigenvalue weighted by atomic mass is 10.1. The molecule has 0 atom stereocenters. The molecular weight excluding hydrogens is 338 g/mol. The Morgan fingerprint density at radius 3 is 2.56 bits per heavy atom. The Labute approximate surface area is 161 Å². The topological polar surface area (TPSA) is 45.7 Å². The Kier molecular flexibility index (Phi) is 5.12. The molecule has 0 bridgehead atoms. The van der Waals surface area contributed by atoms with E-state index in [1.807, 2.05) is 17.9 Å². The molecular formula is C22H27N3O2. The lowest BCUT2D eigenvalue weighted by Crippen LogP contribution is -2.40. The summed E-state index contributed by atoms with van der Waals surface area (Å²) >= 11 is 0. The van der Waals surface area contributed by atoms with Crippen LogP contribution in [-0.2, 0) is 12.8 Å². The third kappa shape index (κ3) is 3.69. The van der Waals surface area contributed by atoms with Crippen LogP contribution in [0.2, 0.25) is 0 Å². The minimum Gasteiger partial charge on any atom is -0.494 e. The number of nitrogens with zero attached hydrogens (tertiary/aromatic N) is 3. The maximum Gasteiger partial charge on any atom is 0.257 e. The summed E-state index contributed by atoms with van der Waals surface area (Å²) < 4.78 is 5.36. The Balaban J connectivity index is 1.43. The molecule has 4 rings (SSSR count). The minimum atomic E-state index is 0.0499.